The first-order valence-corrected chi connectivity index (χ1v) is 18.9. The van der Waals surface area contributed by atoms with Crippen molar-refractivity contribution in [3.05, 3.63) is 199 Å². The summed E-state index contributed by atoms with van der Waals surface area (Å²) in [5.41, 5.74) is 14.9. The first-order chi connectivity index (χ1) is 27.0. The molecule has 0 unspecified atom stereocenters. The predicted octanol–water partition coefficient (Wildman–Crippen LogP) is 13.3. The first-order valence-electron chi connectivity index (χ1n) is 18.9. The molecular weight excluding hydrogens is 667 g/mol. The Bertz CT molecular complexity index is 2760. The summed E-state index contributed by atoms with van der Waals surface area (Å²) in [6.45, 7) is 4.67. The quantitative estimate of drug-likeness (QED) is 0.173. The van der Waals surface area contributed by atoms with E-state index in [2.05, 4.69) is 190 Å². The van der Waals surface area contributed by atoms with Crippen molar-refractivity contribution in [2.75, 3.05) is 0 Å². The molecule has 0 saturated heterocycles. The van der Waals surface area contributed by atoms with Crippen LogP contribution in [0, 0.1) is 0 Å². The van der Waals surface area contributed by atoms with Crippen molar-refractivity contribution < 1.29 is 0 Å². The maximum Gasteiger partial charge on any atom is 0.164 e. The summed E-state index contributed by atoms with van der Waals surface area (Å²) in [6.07, 6.45) is 0. The fourth-order valence-electron chi connectivity index (χ4n) is 8.27. The van der Waals surface area contributed by atoms with Crippen LogP contribution in [0.25, 0.3) is 89.4 Å². The highest BCUT2D eigenvalue weighted by Gasteiger charge is 2.35. The predicted molar refractivity (Wildman–Crippen MR) is 228 cm³/mol. The third-order valence-corrected chi connectivity index (χ3v) is 11.2. The Morgan fingerprint density at radius 1 is 0.327 bits per heavy atom. The number of fused-ring (bicyclic) bond motifs is 4. The van der Waals surface area contributed by atoms with Crippen molar-refractivity contribution in [3.8, 4) is 78.7 Å². The number of rotatable bonds is 6. The van der Waals surface area contributed by atoms with E-state index in [1.54, 1.807) is 0 Å². The smallest absolute Gasteiger partial charge is 0.164 e. The molecule has 3 nitrogen and oxygen atoms in total. The molecule has 0 saturated carbocycles. The molecule has 0 fully saturated rings. The molecule has 260 valence electrons. The van der Waals surface area contributed by atoms with Crippen LogP contribution in [0.3, 0.4) is 0 Å². The van der Waals surface area contributed by atoms with Crippen molar-refractivity contribution in [2.45, 2.75) is 19.3 Å². The summed E-state index contributed by atoms with van der Waals surface area (Å²) in [4.78, 5) is 15.7. The molecule has 0 aliphatic heterocycles. The lowest BCUT2D eigenvalue weighted by Crippen LogP contribution is -2.14. The Hall–Kier alpha value is -6.97. The van der Waals surface area contributed by atoms with Gasteiger partial charge in [-0.1, -0.05) is 190 Å². The van der Waals surface area contributed by atoms with Gasteiger partial charge in [-0.2, -0.15) is 0 Å². The van der Waals surface area contributed by atoms with Crippen LogP contribution >= 0.6 is 0 Å². The summed E-state index contributed by atoms with van der Waals surface area (Å²) >= 11 is 0. The van der Waals surface area contributed by atoms with Gasteiger partial charge in [0.1, 0.15) is 0 Å². The average molecular weight is 704 g/mol. The van der Waals surface area contributed by atoms with Gasteiger partial charge in [-0.3, -0.25) is 0 Å². The van der Waals surface area contributed by atoms with Crippen molar-refractivity contribution in [3.63, 3.8) is 0 Å². The highest BCUT2D eigenvalue weighted by molar-refractivity contribution is 6.04. The molecule has 3 heteroatoms. The molecular formula is C52H37N3. The molecule has 55 heavy (non-hydrogen) atoms. The molecule has 1 aliphatic rings. The molecule has 0 spiro atoms. The van der Waals surface area contributed by atoms with Crippen molar-refractivity contribution in [1.82, 2.24) is 15.0 Å². The van der Waals surface area contributed by atoms with Gasteiger partial charge in [-0.05, 0) is 73.0 Å². The summed E-state index contributed by atoms with van der Waals surface area (Å²) in [5.74, 6) is 1.91. The summed E-state index contributed by atoms with van der Waals surface area (Å²) < 4.78 is 0. The van der Waals surface area contributed by atoms with Crippen LogP contribution in [-0.2, 0) is 5.41 Å². The highest BCUT2D eigenvalue weighted by Crippen LogP contribution is 2.50. The zero-order valence-corrected chi connectivity index (χ0v) is 30.7. The van der Waals surface area contributed by atoms with Crippen LogP contribution < -0.4 is 0 Å². The normalized spacial score (nSPS) is 12.7. The number of nitrogens with zero attached hydrogens (tertiary/aromatic N) is 3. The number of hydrogen-bond donors (Lipinski definition) is 0. The Balaban J connectivity index is 1.16. The SMILES string of the molecule is CC1(C)c2ccccc2-c2ccc(-c3c(-c4nc(-c5ccc(-c6ccccc6)cc5)nc(-c5ccc(-c6ccccc6)cc5)n4)ccc4ccccc34)cc21. The van der Waals surface area contributed by atoms with E-state index in [0.29, 0.717) is 17.5 Å². The highest BCUT2D eigenvalue weighted by atomic mass is 15.0. The molecule has 9 aromatic rings. The molecule has 0 amide bonds. The minimum Gasteiger partial charge on any atom is -0.208 e. The number of hydrogen-bond acceptors (Lipinski definition) is 3. The average Bonchev–Trinajstić information content (AvgIpc) is 3.49. The minimum atomic E-state index is -0.127. The molecule has 1 aromatic heterocycles. The molecule has 8 aromatic carbocycles. The van der Waals surface area contributed by atoms with Crippen molar-refractivity contribution in [2.24, 2.45) is 0 Å². The number of aromatic nitrogens is 3. The lowest BCUT2D eigenvalue weighted by atomic mass is 9.81. The van der Waals surface area contributed by atoms with Gasteiger partial charge in [-0.15, -0.1) is 0 Å². The minimum absolute atomic E-state index is 0.127. The molecule has 10 rings (SSSR count). The van der Waals surface area contributed by atoms with E-state index in [4.69, 9.17) is 15.0 Å². The van der Waals surface area contributed by atoms with Gasteiger partial charge in [-0.25, -0.2) is 15.0 Å². The molecule has 0 bridgehead atoms. The standard InChI is InChI=1S/C52H37N3/c1-52(2)46-20-12-11-19-43(46)44-31-30-41(33-47(44)52)48-42-18-10-9-17-38(42)29-32-45(48)51-54-49(39-25-21-36(22-26-39)34-13-5-3-6-14-34)53-50(55-51)40-27-23-37(24-28-40)35-15-7-4-8-16-35/h3-33H,1-2H3. The van der Waals surface area contributed by atoms with E-state index in [0.717, 1.165) is 44.3 Å². The van der Waals surface area contributed by atoms with Gasteiger partial charge in [0.2, 0.25) is 0 Å². The molecule has 1 heterocycles. The van der Waals surface area contributed by atoms with E-state index in [1.807, 2.05) is 12.1 Å². The van der Waals surface area contributed by atoms with E-state index in [1.165, 1.54) is 38.8 Å². The van der Waals surface area contributed by atoms with Gasteiger partial charge in [0, 0.05) is 27.7 Å². The zero-order valence-electron chi connectivity index (χ0n) is 30.7. The van der Waals surface area contributed by atoms with E-state index < -0.39 is 0 Å². The Morgan fingerprint density at radius 2 is 0.782 bits per heavy atom. The zero-order chi connectivity index (χ0) is 36.9. The Kier molecular flexibility index (Phi) is 7.81. The third kappa shape index (κ3) is 5.73. The van der Waals surface area contributed by atoms with Crippen LogP contribution in [0.15, 0.2) is 188 Å². The molecule has 0 radical (unpaired) electrons. The molecule has 1 aliphatic carbocycles. The number of benzene rings is 8. The maximum atomic E-state index is 5.27. The fraction of sp³-hybridized carbons (Fsp3) is 0.0577. The largest absolute Gasteiger partial charge is 0.208 e. The lowest BCUT2D eigenvalue weighted by molar-refractivity contribution is 0.660. The van der Waals surface area contributed by atoms with E-state index in [-0.39, 0.29) is 5.41 Å². The van der Waals surface area contributed by atoms with Gasteiger partial charge < -0.3 is 0 Å². The molecule has 0 atom stereocenters. The van der Waals surface area contributed by atoms with Crippen LogP contribution in [-0.4, -0.2) is 15.0 Å². The summed E-state index contributed by atoms with van der Waals surface area (Å²) in [5, 5.41) is 2.34. The maximum absolute atomic E-state index is 5.27. The Morgan fingerprint density at radius 3 is 1.42 bits per heavy atom. The summed E-state index contributed by atoms with van der Waals surface area (Å²) in [7, 11) is 0. The third-order valence-electron chi connectivity index (χ3n) is 11.2. The summed E-state index contributed by atoms with van der Waals surface area (Å²) in [6, 6.07) is 66.7. The second-order valence-electron chi connectivity index (χ2n) is 14.8. The van der Waals surface area contributed by atoms with Crippen LogP contribution in [0.2, 0.25) is 0 Å². The van der Waals surface area contributed by atoms with Gasteiger partial charge in [0.15, 0.2) is 17.5 Å². The van der Waals surface area contributed by atoms with Crippen LogP contribution in [0.4, 0.5) is 0 Å². The second-order valence-corrected chi connectivity index (χ2v) is 14.8. The van der Waals surface area contributed by atoms with Crippen molar-refractivity contribution >= 4 is 10.8 Å². The van der Waals surface area contributed by atoms with Crippen molar-refractivity contribution in [1.29, 1.82) is 0 Å². The van der Waals surface area contributed by atoms with E-state index >= 15 is 0 Å². The Labute approximate surface area is 321 Å². The van der Waals surface area contributed by atoms with Gasteiger partial charge in [0.05, 0.1) is 0 Å². The van der Waals surface area contributed by atoms with Crippen LogP contribution in [0.5, 0.6) is 0 Å². The second kappa shape index (κ2) is 13.2. The topological polar surface area (TPSA) is 38.7 Å². The first kappa shape index (κ1) is 32.7. The van der Waals surface area contributed by atoms with Gasteiger partial charge in [0.25, 0.3) is 0 Å². The fourth-order valence-corrected chi connectivity index (χ4v) is 8.27. The van der Waals surface area contributed by atoms with Crippen LogP contribution in [0.1, 0.15) is 25.0 Å². The van der Waals surface area contributed by atoms with Gasteiger partial charge >= 0.3 is 0 Å². The molecule has 0 N–H and O–H groups in total. The lowest BCUT2D eigenvalue weighted by Gasteiger charge is -2.22. The monoisotopic (exact) mass is 703 g/mol. The van der Waals surface area contributed by atoms with E-state index in [9.17, 15) is 0 Å².